The number of hydrogen-bond acceptors (Lipinski definition) is 5. The van der Waals surface area contributed by atoms with Crippen molar-refractivity contribution in [1.82, 2.24) is 34.6 Å². The van der Waals surface area contributed by atoms with Crippen LogP contribution in [0.5, 0.6) is 0 Å². The summed E-state index contributed by atoms with van der Waals surface area (Å²) in [5.41, 5.74) is 3.28. The van der Waals surface area contributed by atoms with E-state index in [1.165, 1.54) is 19.2 Å². The quantitative estimate of drug-likeness (QED) is 0.582. The number of amides is 1. The molecular weight excluding hydrogens is 342 g/mol. The fraction of sp³-hybridized carbons (Fsp3) is 0.316. The van der Waals surface area contributed by atoms with Crippen LogP contribution in [0.2, 0.25) is 0 Å². The monoisotopic (exact) mass is 361 g/mol. The van der Waals surface area contributed by atoms with E-state index >= 15 is 0 Å². The van der Waals surface area contributed by atoms with Gasteiger partial charge in [0.25, 0.3) is 5.91 Å². The Labute approximate surface area is 155 Å². The van der Waals surface area contributed by atoms with Crippen LogP contribution in [0.1, 0.15) is 53.6 Å². The lowest BCUT2D eigenvalue weighted by Crippen LogP contribution is -2.25. The summed E-state index contributed by atoms with van der Waals surface area (Å²) in [4.78, 5) is 33.3. The second-order valence-electron chi connectivity index (χ2n) is 6.88. The Morgan fingerprint density at radius 2 is 2.11 bits per heavy atom. The molecule has 8 heteroatoms. The summed E-state index contributed by atoms with van der Waals surface area (Å²) in [5.74, 6) is 1.09. The molecule has 1 aliphatic rings. The molecule has 0 aromatic carbocycles. The molecule has 0 saturated heterocycles. The van der Waals surface area contributed by atoms with Crippen molar-refractivity contribution in [3.63, 3.8) is 0 Å². The number of carbonyl (C=O) groups is 1. The second kappa shape index (κ2) is 6.46. The number of nitrogens with one attached hydrogen (secondary N) is 2. The average molecular weight is 361 g/mol. The highest BCUT2D eigenvalue weighted by Gasteiger charge is 2.23. The molecule has 1 aliphatic carbocycles. The van der Waals surface area contributed by atoms with Crippen LogP contribution in [0.15, 0.2) is 36.9 Å². The maximum atomic E-state index is 12.8. The molecular formula is C19H19N7O. The molecule has 0 atom stereocenters. The van der Waals surface area contributed by atoms with Crippen molar-refractivity contribution in [3.8, 4) is 0 Å². The summed E-state index contributed by atoms with van der Waals surface area (Å²) in [5, 5.41) is 2.94. The third-order valence-corrected chi connectivity index (χ3v) is 5.21. The van der Waals surface area contributed by atoms with E-state index in [2.05, 4.69) is 30.2 Å². The number of carbonyl (C=O) groups excluding carboxylic acids is 1. The van der Waals surface area contributed by atoms with Crippen LogP contribution >= 0.6 is 0 Å². The smallest absolute Gasteiger partial charge is 0.272 e. The van der Waals surface area contributed by atoms with Gasteiger partial charge in [-0.3, -0.25) is 4.79 Å². The number of fused-ring (bicyclic) bond motifs is 2. The van der Waals surface area contributed by atoms with E-state index < -0.39 is 0 Å². The fourth-order valence-electron chi connectivity index (χ4n) is 3.82. The van der Waals surface area contributed by atoms with Gasteiger partial charge in [0.2, 0.25) is 0 Å². The summed E-state index contributed by atoms with van der Waals surface area (Å²) in [6.45, 7) is 0.377. The summed E-state index contributed by atoms with van der Waals surface area (Å²) in [6.07, 6.45) is 9.72. The van der Waals surface area contributed by atoms with Crippen LogP contribution in [0.3, 0.4) is 0 Å². The lowest BCUT2D eigenvalue weighted by atomic mass is 10.1. The van der Waals surface area contributed by atoms with Gasteiger partial charge in [0, 0.05) is 24.0 Å². The van der Waals surface area contributed by atoms with E-state index in [0.29, 0.717) is 29.3 Å². The predicted octanol–water partition coefficient (Wildman–Crippen LogP) is 2.59. The predicted molar refractivity (Wildman–Crippen MR) is 99.3 cm³/mol. The molecule has 1 fully saturated rings. The molecule has 1 saturated carbocycles. The number of aromatic amines is 1. The zero-order chi connectivity index (χ0) is 18.2. The first-order valence-electron chi connectivity index (χ1n) is 9.19. The Balaban J connectivity index is 1.41. The normalized spacial score (nSPS) is 15.0. The molecule has 0 bridgehead atoms. The van der Waals surface area contributed by atoms with E-state index in [9.17, 15) is 4.79 Å². The van der Waals surface area contributed by atoms with Gasteiger partial charge in [-0.25, -0.2) is 19.9 Å². The van der Waals surface area contributed by atoms with Crippen LogP contribution in [0, 0.1) is 0 Å². The minimum absolute atomic E-state index is 0.249. The summed E-state index contributed by atoms with van der Waals surface area (Å²) >= 11 is 0. The Hall–Kier alpha value is -3.29. The Bertz CT molecular complexity index is 1120. The van der Waals surface area contributed by atoms with E-state index in [4.69, 9.17) is 0 Å². The third kappa shape index (κ3) is 2.83. The first kappa shape index (κ1) is 15.9. The molecule has 0 spiro atoms. The van der Waals surface area contributed by atoms with Gasteiger partial charge in [-0.1, -0.05) is 18.9 Å². The van der Waals surface area contributed by atoms with E-state index in [1.807, 2.05) is 28.8 Å². The number of aromatic nitrogens is 6. The number of H-pyrrole nitrogens is 1. The number of hydrogen-bond donors (Lipinski definition) is 2. The highest BCUT2D eigenvalue weighted by atomic mass is 16.1. The van der Waals surface area contributed by atoms with Crippen molar-refractivity contribution >= 4 is 22.7 Å². The van der Waals surface area contributed by atoms with Crippen LogP contribution in [-0.4, -0.2) is 35.2 Å². The van der Waals surface area contributed by atoms with E-state index in [1.54, 1.807) is 6.20 Å². The molecule has 4 heterocycles. The van der Waals surface area contributed by atoms with Gasteiger partial charge in [-0.05, 0) is 25.0 Å². The first-order valence-corrected chi connectivity index (χ1v) is 9.19. The molecule has 0 aliphatic heterocycles. The molecule has 0 unspecified atom stereocenters. The molecule has 5 rings (SSSR count). The summed E-state index contributed by atoms with van der Waals surface area (Å²) in [6, 6.07) is 5.81. The molecule has 27 heavy (non-hydrogen) atoms. The molecule has 2 N–H and O–H groups in total. The van der Waals surface area contributed by atoms with Gasteiger partial charge < -0.3 is 14.7 Å². The van der Waals surface area contributed by atoms with E-state index in [-0.39, 0.29) is 5.91 Å². The zero-order valence-corrected chi connectivity index (χ0v) is 14.7. The second-order valence-corrected chi connectivity index (χ2v) is 6.88. The Morgan fingerprint density at radius 3 is 3.00 bits per heavy atom. The lowest BCUT2D eigenvalue weighted by Gasteiger charge is -2.07. The SMILES string of the molecule is O=C(NCc1cccc2nccn12)c1ncnc2nc(C3CCCC3)[nH]c12. The van der Waals surface area contributed by atoms with Gasteiger partial charge in [0.1, 0.15) is 23.3 Å². The van der Waals surface area contributed by atoms with E-state index in [0.717, 1.165) is 30.0 Å². The number of nitrogens with zero attached hydrogens (tertiary/aromatic N) is 5. The van der Waals surface area contributed by atoms with Gasteiger partial charge in [0.15, 0.2) is 11.3 Å². The standard InChI is InChI=1S/C19H19N7O/c27-19(21-10-13-6-3-7-14-20-8-9-26(13)14)16-15-18(23-11-22-16)25-17(24-15)12-4-1-2-5-12/h3,6-9,11-12H,1-2,4-5,10H2,(H,21,27)(H,22,23,24,25). The molecule has 4 aromatic heterocycles. The van der Waals surface area contributed by atoms with Crippen molar-refractivity contribution < 1.29 is 4.79 Å². The van der Waals surface area contributed by atoms with Crippen molar-refractivity contribution in [2.45, 2.75) is 38.1 Å². The fourth-order valence-corrected chi connectivity index (χ4v) is 3.82. The molecule has 1 amide bonds. The van der Waals surface area contributed by atoms with Gasteiger partial charge in [-0.2, -0.15) is 0 Å². The Morgan fingerprint density at radius 1 is 1.22 bits per heavy atom. The molecule has 8 nitrogen and oxygen atoms in total. The van der Waals surface area contributed by atoms with Crippen LogP contribution in [0.25, 0.3) is 16.8 Å². The van der Waals surface area contributed by atoms with Crippen molar-refractivity contribution in [2.24, 2.45) is 0 Å². The zero-order valence-electron chi connectivity index (χ0n) is 14.7. The lowest BCUT2D eigenvalue weighted by molar-refractivity contribution is 0.0947. The minimum atomic E-state index is -0.249. The maximum absolute atomic E-state index is 12.8. The van der Waals surface area contributed by atoms with Gasteiger partial charge >= 0.3 is 0 Å². The van der Waals surface area contributed by atoms with Crippen molar-refractivity contribution in [2.75, 3.05) is 0 Å². The number of rotatable bonds is 4. The minimum Gasteiger partial charge on any atom is -0.345 e. The van der Waals surface area contributed by atoms with Crippen LogP contribution < -0.4 is 5.32 Å². The molecule has 0 radical (unpaired) electrons. The van der Waals surface area contributed by atoms with Gasteiger partial charge in [-0.15, -0.1) is 0 Å². The van der Waals surface area contributed by atoms with Crippen molar-refractivity contribution in [3.05, 3.63) is 54.1 Å². The van der Waals surface area contributed by atoms with Crippen LogP contribution in [0.4, 0.5) is 0 Å². The van der Waals surface area contributed by atoms with Crippen molar-refractivity contribution in [1.29, 1.82) is 0 Å². The van der Waals surface area contributed by atoms with Gasteiger partial charge in [0.05, 0.1) is 6.54 Å². The first-order chi connectivity index (χ1) is 13.3. The average Bonchev–Trinajstić information content (AvgIpc) is 3.44. The largest absolute Gasteiger partial charge is 0.345 e. The topological polar surface area (TPSA) is 101 Å². The summed E-state index contributed by atoms with van der Waals surface area (Å²) in [7, 11) is 0. The molecule has 136 valence electrons. The highest BCUT2D eigenvalue weighted by Crippen LogP contribution is 2.33. The maximum Gasteiger partial charge on any atom is 0.272 e. The molecule has 4 aromatic rings. The summed E-state index contributed by atoms with van der Waals surface area (Å²) < 4.78 is 1.95. The number of imidazole rings is 2. The Kier molecular flexibility index (Phi) is 3.81. The number of pyridine rings is 1. The highest BCUT2D eigenvalue weighted by molar-refractivity contribution is 6.02. The third-order valence-electron chi connectivity index (χ3n) is 5.21. The van der Waals surface area contributed by atoms with Crippen LogP contribution in [-0.2, 0) is 6.54 Å².